The molecule has 0 spiro atoms. The molecule has 0 aliphatic carbocycles. The average Bonchev–Trinajstić information content (AvgIpc) is 3.31. The third kappa shape index (κ3) is 3.53. The number of hydrogen-bond acceptors (Lipinski definition) is 2. The Labute approximate surface area is 160 Å². The van der Waals surface area contributed by atoms with Gasteiger partial charge in [-0.3, -0.25) is 4.79 Å². The lowest BCUT2D eigenvalue weighted by Gasteiger charge is -2.32. The van der Waals surface area contributed by atoms with E-state index < -0.39 is 0 Å². The SMILES string of the molecule is Cc1cc2occ(CC(=O)N3CCC(n4cccc4)CC3)c2cc1C(C)C. The van der Waals surface area contributed by atoms with Crippen LogP contribution in [0.5, 0.6) is 0 Å². The van der Waals surface area contributed by atoms with Crippen LogP contribution in [0.15, 0.2) is 47.3 Å². The summed E-state index contributed by atoms with van der Waals surface area (Å²) in [6.45, 7) is 8.18. The quantitative estimate of drug-likeness (QED) is 0.648. The Morgan fingerprint density at radius 1 is 1.19 bits per heavy atom. The number of benzene rings is 1. The van der Waals surface area contributed by atoms with Crippen LogP contribution in [-0.4, -0.2) is 28.5 Å². The van der Waals surface area contributed by atoms with Crippen molar-refractivity contribution in [1.82, 2.24) is 9.47 Å². The van der Waals surface area contributed by atoms with E-state index in [1.165, 1.54) is 11.1 Å². The standard InChI is InChI=1S/C23H28N2O2/c1-16(2)20-14-21-18(15-27-22(21)12-17(20)3)13-23(26)25-10-6-19(7-11-25)24-8-4-5-9-24/h4-5,8-9,12,14-16,19H,6-7,10-11,13H2,1-3H3. The van der Waals surface area contributed by atoms with Crippen LogP contribution in [0.3, 0.4) is 0 Å². The van der Waals surface area contributed by atoms with Gasteiger partial charge in [0.05, 0.1) is 12.7 Å². The van der Waals surface area contributed by atoms with Gasteiger partial charge in [-0.15, -0.1) is 0 Å². The van der Waals surface area contributed by atoms with Crippen molar-refractivity contribution >= 4 is 16.9 Å². The predicted molar refractivity (Wildman–Crippen MR) is 108 cm³/mol. The molecule has 1 aromatic carbocycles. The fourth-order valence-electron chi connectivity index (χ4n) is 4.28. The first-order chi connectivity index (χ1) is 13.0. The van der Waals surface area contributed by atoms with Gasteiger partial charge in [-0.2, -0.15) is 0 Å². The molecule has 142 valence electrons. The summed E-state index contributed by atoms with van der Waals surface area (Å²) in [4.78, 5) is 14.9. The first-order valence-corrected chi connectivity index (χ1v) is 9.93. The van der Waals surface area contributed by atoms with Gasteiger partial charge in [0.25, 0.3) is 0 Å². The van der Waals surface area contributed by atoms with Crippen molar-refractivity contribution in [3.05, 3.63) is 59.6 Å². The minimum atomic E-state index is 0.204. The van der Waals surface area contributed by atoms with Crippen LogP contribution in [0.25, 0.3) is 11.0 Å². The maximum Gasteiger partial charge on any atom is 0.227 e. The van der Waals surface area contributed by atoms with E-state index in [2.05, 4.69) is 62.0 Å². The second kappa shape index (κ2) is 7.26. The molecule has 1 fully saturated rings. The highest BCUT2D eigenvalue weighted by molar-refractivity contribution is 5.88. The first-order valence-electron chi connectivity index (χ1n) is 9.93. The number of piperidine rings is 1. The fraction of sp³-hybridized carbons (Fsp3) is 0.435. The molecule has 4 heteroatoms. The highest BCUT2D eigenvalue weighted by Gasteiger charge is 2.24. The molecule has 0 unspecified atom stereocenters. The summed E-state index contributed by atoms with van der Waals surface area (Å²) in [5.41, 5.74) is 4.46. The van der Waals surface area contributed by atoms with E-state index in [0.717, 1.165) is 42.5 Å². The molecule has 1 aliphatic rings. The van der Waals surface area contributed by atoms with E-state index in [9.17, 15) is 4.79 Å². The first kappa shape index (κ1) is 17.9. The molecule has 27 heavy (non-hydrogen) atoms. The fourth-order valence-corrected chi connectivity index (χ4v) is 4.28. The Morgan fingerprint density at radius 3 is 2.56 bits per heavy atom. The summed E-state index contributed by atoms with van der Waals surface area (Å²) in [7, 11) is 0. The van der Waals surface area contributed by atoms with Crippen molar-refractivity contribution in [2.75, 3.05) is 13.1 Å². The molecular formula is C23H28N2O2. The molecule has 1 aliphatic heterocycles. The summed E-state index contributed by atoms with van der Waals surface area (Å²) in [6, 6.07) is 8.94. The second-order valence-corrected chi connectivity index (χ2v) is 8.04. The van der Waals surface area contributed by atoms with E-state index in [1.807, 2.05) is 4.90 Å². The van der Waals surface area contributed by atoms with Crippen molar-refractivity contribution in [1.29, 1.82) is 0 Å². The molecule has 3 heterocycles. The predicted octanol–water partition coefficient (Wildman–Crippen LogP) is 5.07. The summed E-state index contributed by atoms with van der Waals surface area (Å²) in [5, 5.41) is 1.08. The van der Waals surface area contributed by atoms with Crippen LogP contribution in [0.2, 0.25) is 0 Å². The van der Waals surface area contributed by atoms with Crippen LogP contribution in [-0.2, 0) is 11.2 Å². The second-order valence-electron chi connectivity index (χ2n) is 8.04. The molecular weight excluding hydrogens is 336 g/mol. The van der Waals surface area contributed by atoms with Crippen LogP contribution < -0.4 is 0 Å². The summed E-state index contributed by atoms with van der Waals surface area (Å²) in [5.74, 6) is 0.663. The molecule has 1 amide bonds. The summed E-state index contributed by atoms with van der Waals surface area (Å²) in [6.07, 6.45) is 8.45. The number of fused-ring (bicyclic) bond motifs is 1. The van der Waals surface area contributed by atoms with Crippen LogP contribution in [0, 0.1) is 6.92 Å². The van der Waals surface area contributed by atoms with Crippen molar-refractivity contribution in [3.63, 3.8) is 0 Å². The number of amides is 1. The minimum Gasteiger partial charge on any atom is -0.464 e. The van der Waals surface area contributed by atoms with E-state index in [1.54, 1.807) is 6.26 Å². The summed E-state index contributed by atoms with van der Waals surface area (Å²) >= 11 is 0. The van der Waals surface area contributed by atoms with E-state index in [4.69, 9.17) is 4.42 Å². The van der Waals surface area contributed by atoms with Crippen molar-refractivity contribution in [2.45, 2.75) is 52.0 Å². The lowest BCUT2D eigenvalue weighted by Crippen LogP contribution is -2.39. The van der Waals surface area contributed by atoms with Gasteiger partial charge in [0, 0.05) is 42.5 Å². The van der Waals surface area contributed by atoms with Crippen molar-refractivity contribution < 1.29 is 9.21 Å². The highest BCUT2D eigenvalue weighted by Crippen LogP contribution is 2.30. The molecule has 0 atom stereocenters. The van der Waals surface area contributed by atoms with Crippen LogP contribution >= 0.6 is 0 Å². The highest BCUT2D eigenvalue weighted by atomic mass is 16.3. The summed E-state index contributed by atoms with van der Waals surface area (Å²) < 4.78 is 8.01. The lowest BCUT2D eigenvalue weighted by molar-refractivity contribution is -0.131. The number of carbonyl (C=O) groups excluding carboxylic acids is 1. The van der Waals surface area contributed by atoms with E-state index >= 15 is 0 Å². The number of aryl methyl sites for hydroxylation is 1. The van der Waals surface area contributed by atoms with Gasteiger partial charge in [0.2, 0.25) is 5.91 Å². The molecule has 0 bridgehead atoms. The smallest absolute Gasteiger partial charge is 0.227 e. The number of hydrogen-bond donors (Lipinski definition) is 0. The van der Waals surface area contributed by atoms with Crippen molar-refractivity contribution in [3.8, 4) is 0 Å². The molecule has 1 saturated heterocycles. The average molecular weight is 364 g/mol. The van der Waals surface area contributed by atoms with Gasteiger partial charge in [0.15, 0.2) is 0 Å². The van der Waals surface area contributed by atoms with Gasteiger partial charge < -0.3 is 13.9 Å². The zero-order valence-corrected chi connectivity index (χ0v) is 16.4. The Balaban J connectivity index is 1.46. The third-order valence-electron chi connectivity index (χ3n) is 5.87. The van der Waals surface area contributed by atoms with Gasteiger partial charge in [-0.1, -0.05) is 13.8 Å². The molecule has 0 saturated carbocycles. The molecule has 0 N–H and O–H groups in total. The number of likely N-dealkylation sites (tertiary alicyclic amines) is 1. The van der Waals surface area contributed by atoms with Crippen LogP contribution in [0.1, 0.15) is 55.3 Å². The van der Waals surface area contributed by atoms with Gasteiger partial charge in [-0.25, -0.2) is 0 Å². The molecule has 3 aromatic rings. The monoisotopic (exact) mass is 364 g/mol. The van der Waals surface area contributed by atoms with Gasteiger partial charge >= 0.3 is 0 Å². The lowest BCUT2D eigenvalue weighted by atomic mass is 9.95. The molecule has 0 radical (unpaired) electrons. The Hall–Kier alpha value is -2.49. The van der Waals surface area contributed by atoms with Gasteiger partial charge in [0.1, 0.15) is 5.58 Å². The number of rotatable bonds is 4. The number of furan rings is 1. The number of nitrogens with zero attached hydrogens (tertiary/aromatic N) is 2. The normalized spacial score (nSPS) is 15.8. The Bertz CT molecular complexity index is 929. The van der Waals surface area contributed by atoms with Crippen LogP contribution in [0.4, 0.5) is 0 Å². The zero-order chi connectivity index (χ0) is 19.0. The molecule has 4 nitrogen and oxygen atoms in total. The van der Waals surface area contributed by atoms with Crippen molar-refractivity contribution in [2.24, 2.45) is 0 Å². The van der Waals surface area contributed by atoms with E-state index in [0.29, 0.717) is 18.4 Å². The molecule has 4 rings (SSSR count). The topological polar surface area (TPSA) is 38.4 Å². The van der Waals surface area contributed by atoms with E-state index in [-0.39, 0.29) is 5.91 Å². The Morgan fingerprint density at radius 2 is 1.89 bits per heavy atom. The Kier molecular flexibility index (Phi) is 4.81. The number of carbonyl (C=O) groups is 1. The number of aromatic nitrogens is 1. The maximum absolute atomic E-state index is 12.9. The largest absolute Gasteiger partial charge is 0.464 e. The zero-order valence-electron chi connectivity index (χ0n) is 16.4. The third-order valence-corrected chi connectivity index (χ3v) is 5.87. The maximum atomic E-state index is 12.9. The minimum absolute atomic E-state index is 0.204. The molecule has 2 aromatic heterocycles. The van der Waals surface area contributed by atoms with Gasteiger partial charge in [-0.05, 0) is 61.1 Å².